The monoisotopic (exact) mass is 486 g/mol. The Kier molecular flexibility index (Phi) is 8.20. The zero-order valence-electron chi connectivity index (χ0n) is 18.3. The van der Waals surface area contributed by atoms with Gasteiger partial charge in [0, 0.05) is 12.2 Å². The summed E-state index contributed by atoms with van der Waals surface area (Å²) in [6.07, 6.45) is 0. The average molecular weight is 487 g/mol. The SMILES string of the molecule is CCOc1ccc(S(=O)(=O)Nc2ccc(C(=O)OCC(=O)NCc3ccc(F)cc3)cc2)cc1. The number of sulfonamides is 1. The summed E-state index contributed by atoms with van der Waals surface area (Å²) in [5, 5.41) is 2.56. The zero-order chi connectivity index (χ0) is 24.6. The van der Waals surface area contributed by atoms with Crippen molar-refractivity contribution < 1.29 is 31.9 Å². The second-order valence-electron chi connectivity index (χ2n) is 7.07. The molecule has 3 rings (SSSR count). The number of carbonyl (C=O) groups excluding carboxylic acids is 2. The average Bonchev–Trinajstić information content (AvgIpc) is 2.83. The summed E-state index contributed by atoms with van der Waals surface area (Å²) in [7, 11) is -3.83. The number of hydrogen-bond acceptors (Lipinski definition) is 6. The molecule has 0 atom stereocenters. The summed E-state index contributed by atoms with van der Waals surface area (Å²) in [6.45, 7) is 1.97. The maximum Gasteiger partial charge on any atom is 0.338 e. The van der Waals surface area contributed by atoms with E-state index in [0.29, 0.717) is 17.9 Å². The number of halogens is 1. The molecule has 10 heteroatoms. The molecule has 3 aromatic carbocycles. The lowest BCUT2D eigenvalue weighted by Gasteiger charge is -2.10. The van der Waals surface area contributed by atoms with E-state index < -0.39 is 28.5 Å². The highest BCUT2D eigenvalue weighted by atomic mass is 32.2. The number of rotatable bonds is 10. The minimum absolute atomic E-state index is 0.0612. The van der Waals surface area contributed by atoms with Crippen molar-refractivity contribution in [3.63, 3.8) is 0 Å². The maximum atomic E-state index is 12.9. The summed E-state index contributed by atoms with van der Waals surface area (Å²) >= 11 is 0. The Hall–Kier alpha value is -3.92. The molecule has 178 valence electrons. The molecule has 0 saturated heterocycles. The number of carbonyl (C=O) groups is 2. The van der Waals surface area contributed by atoms with Crippen molar-refractivity contribution in [3.8, 4) is 5.75 Å². The van der Waals surface area contributed by atoms with E-state index in [9.17, 15) is 22.4 Å². The van der Waals surface area contributed by atoms with Crippen molar-refractivity contribution in [3.05, 3.63) is 89.7 Å². The van der Waals surface area contributed by atoms with Crippen LogP contribution in [-0.4, -0.2) is 33.5 Å². The normalized spacial score (nSPS) is 10.9. The van der Waals surface area contributed by atoms with Crippen molar-refractivity contribution in [2.45, 2.75) is 18.4 Å². The number of hydrogen-bond donors (Lipinski definition) is 2. The fourth-order valence-electron chi connectivity index (χ4n) is 2.84. The molecular weight excluding hydrogens is 463 g/mol. The number of benzene rings is 3. The van der Waals surface area contributed by atoms with Gasteiger partial charge >= 0.3 is 5.97 Å². The molecular formula is C24H23FN2O6S. The van der Waals surface area contributed by atoms with Gasteiger partial charge in [0.05, 0.1) is 17.1 Å². The topological polar surface area (TPSA) is 111 Å². The Bertz CT molecular complexity index is 1230. The van der Waals surface area contributed by atoms with Crippen molar-refractivity contribution in [1.29, 1.82) is 0 Å². The smallest absolute Gasteiger partial charge is 0.338 e. The molecule has 34 heavy (non-hydrogen) atoms. The predicted octanol–water partition coefficient (Wildman–Crippen LogP) is 3.50. The number of ether oxygens (including phenoxy) is 2. The van der Waals surface area contributed by atoms with Crippen molar-refractivity contribution in [2.24, 2.45) is 0 Å². The first-order valence-corrected chi connectivity index (χ1v) is 11.8. The largest absolute Gasteiger partial charge is 0.494 e. The Balaban J connectivity index is 1.50. The molecule has 0 fully saturated rings. The molecule has 0 spiro atoms. The van der Waals surface area contributed by atoms with Crippen LogP contribution >= 0.6 is 0 Å². The molecule has 2 N–H and O–H groups in total. The van der Waals surface area contributed by atoms with Crippen molar-refractivity contribution >= 4 is 27.6 Å². The molecule has 0 aliphatic rings. The van der Waals surface area contributed by atoms with Crippen molar-refractivity contribution in [1.82, 2.24) is 5.32 Å². The molecule has 1 amide bonds. The van der Waals surface area contributed by atoms with E-state index >= 15 is 0 Å². The molecule has 0 saturated carbocycles. The van der Waals surface area contributed by atoms with Crippen LogP contribution < -0.4 is 14.8 Å². The van der Waals surface area contributed by atoms with Gasteiger partial charge < -0.3 is 14.8 Å². The second kappa shape index (κ2) is 11.3. The third kappa shape index (κ3) is 7.04. The fourth-order valence-corrected chi connectivity index (χ4v) is 3.90. The quantitative estimate of drug-likeness (QED) is 0.425. The third-order valence-electron chi connectivity index (χ3n) is 4.56. The minimum Gasteiger partial charge on any atom is -0.494 e. The van der Waals surface area contributed by atoms with Gasteiger partial charge in [-0.2, -0.15) is 0 Å². The first kappa shape index (κ1) is 24.7. The molecule has 0 aliphatic carbocycles. The highest BCUT2D eigenvalue weighted by Gasteiger charge is 2.15. The van der Waals surface area contributed by atoms with Gasteiger partial charge in [0.1, 0.15) is 11.6 Å². The molecule has 0 radical (unpaired) electrons. The Morgan fingerprint density at radius 2 is 1.56 bits per heavy atom. The van der Waals surface area contributed by atoms with Gasteiger partial charge in [0.15, 0.2) is 6.61 Å². The highest BCUT2D eigenvalue weighted by Crippen LogP contribution is 2.20. The zero-order valence-corrected chi connectivity index (χ0v) is 19.1. The molecule has 0 aromatic heterocycles. The van der Waals surface area contributed by atoms with Crippen LogP contribution in [0, 0.1) is 5.82 Å². The number of anilines is 1. The minimum atomic E-state index is -3.83. The first-order valence-electron chi connectivity index (χ1n) is 10.3. The van der Waals surface area contributed by atoms with Gasteiger partial charge in [-0.3, -0.25) is 9.52 Å². The van der Waals surface area contributed by atoms with E-state index in [4.69, 9.17) is 9.47 Å². The van der Waals surface area contributed by atoms with Crippen LogP contribution in [-0.2, 0) is 26.1 Å². The molecule has 0 heterocycles. The third-order valence-corrected chi connectivity index (χ3v) is 5.95. The van der Waals surface area contributed by atoms with Crippen LogP contribution in [0.15, 0.2) is 77.7 Å². The molecule has 8 nitrogen and oxygen atoms in total. The Morgan fingerprint density at radius 1 is 0.912 bits per heavy atom. The van der Waals surface area contributed by atoms with Gasteiger partial charge in [-0.05, 0) is 73.2 Å². The molecule has 0 unspecified atom stereocenters. The number of amides is 1. The van der Waals surface area contributed by atoms with Crippen LogP contribution in [0.4, 0.5) is 10.1 Å². The van der Waals surface area contributed by atoms with Crippen LogP contribution in [0.2, 0.25) is 0 Å². The number of nitrogens with one attached hydrogen (secondary N) is 2. The van der Waals surface area contributed by atoms with Crippen LogP contribution in [0.3, 0.4) is 0 Å². The van der Waals surface area contributed by atoms with E-state index in [0.717, 1.165) is 0 Å². The van der Waals surface area contributed by atoms with Crippen LogP contribution in [0.5, 0.6) is 5.75 Å². The first-order chi connectivity index (χ1) is 16.3. The highest BCUT2D eigenvalue weighted by molar-refractivity contribution is 7.92. The van der Waals surface area contributed by atoms with Crippen LogP contribution in [0.25, 0.3) is 0 Å². The Labute approximate surface area is 196 Å². The van der Waals surface area contributed by atoms with E-state index in [1.165, 1.54) is 60.7 Å². The van der Waals surface area contributed by atoms with E-state index in [2.05, 4.69) is 10.0 Å². The van der Waals surface area contributed by atoms with Crippen LogP contribution in [0.1, 0.15) is 22.8 Å². The fraction of sp³-hybridized carbons (Fsp3) is 0.167. The lowest BCUT2D eigenvalue weighted by molar-refractivity contribution is -0.124. The van der Waals surface area contributed by atoms with E-state index in [1.54, 1.807) is 12.1 Å². The second-order valence-corrected chi connectivity index (χ2v) is 8.75. The Morgan fingerprint density at radius 3 is 2.18 bits per heavy atom. The number of esters is 1. The van der Waals surface area contributed by atoms with E-state index in [1.807, 2.05) is 6.92 Å². The standard InChI is InChI=1S/C24H23FN2O6S/c1-2-32-21-11-13-22(14-12-21)34(30,31)27-20-9-5-18(6-10-20)24(29)33-16-23(28)26-15-17-3-7-19(25)8-4-17/h3-14,27H,2,15-16H2,1H3,(H,26,28). The summed E-state index contributed by atoms with van der Waals surface area (Å²) in [4.78, 5) is 24.1. The summed E-state index contributed by atoms with van der Waals surface area (Å²) in [5.41, 5.74) is 1.10. The molecule has 0 bridgehead atoms. The summed E-state index contributed by atoms with van der Waals surface area (Å²) in [6, 6.07) is 17.2. The van der Waals surface area contributed by atoms with Crippen molar-refractivity contribution in [2.75, 3.05) is 17.9 Å². The van der Waals surface area contributed by atoms with Gasteiger partial charge in [0.2, 0.25) is 0 Å². The summed E-state index contributed by atoms with van der Waals surface area (Å²) < 4.78 is 50.7. The predicted molar refractivity (Wildman–Crippen MR) is 123 cm³/mol. The van der Waals surface area contributed by atoms with Gasteiger partial charge in [-0.1, -0.05) is 12.1 Å². The van der Waals surface area contributed by atoms with Gasteiger partial charge in [-0.15, -0.1) is 0 Å². The molecule has 0 aliphatic heterocycles. The lowest BCUT2D eigenvalue weighted by Crippen LogP contribution is -2.28. The van der Waals surface area contributed by atoms with E-state index in [-0.39, 0.29) is 28.5 Å². The maximum absolute atomic E-state index is 12.9. The van der Waals surface area contributed by atoms with Gasteiger partial charge in [-0.25, -0.2) is 17.6 Å². The van der Waals surface area contributed by atoms with Gasteiger partial charge in [0.25, 0.3) is 15.9 Å². The lowest BCUT2D eigenvalue weighted by atomic mass is 10.2. The molecule has 3 aromatic rings. The summed E-state index contributed by atoms with van der Waals surface area (Å²) in [5.74, 6) is -1.07.